The molecule has 5 heteroatoms. The largest absolute Gasteiger partial charge is 0.385 e. The Morgan fingerprint density at radius 3 is 2.63 bits per heavy atom. The molecule has 1 spiro atoms. The van der Waals surface area contributed by atoms with Gasteiger partial charge < -0.3 is 24.1 Å². The quantitative estimate of drug-likeness (QED) is 0.387. The van der Waals surface area contributed by atoms with Crippen LogP contribution in [0.25, 0.3) is 0 Å². The van der Waals surface area contributed by atoms with E-state index in [0.29, 0.717) is 18.4 Å². The zero-order valence-electron chi connectivity index (χ0n) is 21.9. The predicted molar refractivity (Wildman–Crippen MR) is 135 cm³/mol. The fourth-order valence-electron chi connectivity index (χ4n) is 9.06. The molecule has 35 heavy (non-hydrogen) atoms. The van der Waals surface area contributed by atoms with Crippen LogP contribution >= 0.6 is 0 Å². The van der Waals surface area contributed by atoms with E-state index in [0.717, 1.165) is 89.9 Å². The van der Waals surface area contributed by atoms with Crippen molar-refractivity contribution in [3.05, 3.63) is 23.8 Å². The summed E-state index contributed by atoms with van der Waals surface area (Å²) in [6.45, 7) is 7.88. The van der Waals surface area contributed by atoms with Crippen LogP contribution in [0.2, 0.25) is 0 Å². The maximum absolute atomic E-state index is 11.9. The SMILES string of the molecule is C[C@]12CCC3(CC1=CCC1C2CC[C@@]2(C)C1CCC2(O)/C=C\CCOC1CCCCO1)OCCO3. The van der Waals surface area contributed by atoms with E-state index in [4.69, 9.17) is 18.9 Å². The summed E-state index contributed by atoms with van der Waals surface area (Å²) in [6, 6.07) is 0. The third-order valence-corrected chi connectivity index (χ3v) is 11.3. The first-order chi connectivity index (χ1) is 16.9. The van der Waals surface area contributed by atoms with E-state index in [2.05, 4.69) is 32.1 Å². The van der Waals surface area contributed by atoms with Crippen LogP contribution in [0.1, 0.15) is 90.9 Å². The van der Waals surface area contributed by atoms with Crippen molar-refractivity contribution in [2.24, 2.45) is 28.6 Å². The van der Waals surface area contributed by atoms with Crippen molar-refractivity contribution in [3.8, 4) is 0 Å². The highest BCUT2D eigenvalue weighted by Crippen LogP contribution is 2.68. The first-order valence-corrected chi connectivity index (χ1v) is 14.5. The Kier molecular flexibility index (Phi) is 6.49. The molecular formula is C30H46O5. The summed E-state index contributed by atoms with van der Waals surface area (Å²) in [6.07, 6.45) is 19.7. The summed E-state index contributed by atoms with van der Waals surface area (Å²) >= 11 is 0. The highest BCUT2D eigenvalue weighted by molar-refractivity contribution is 5.28. The van der Waals surface area contributed by atoms with Crippen LogP contribution in [-0.4, -0.2) is 49.2 Å². The minimum absolute atomic E-state index is 0.0315. The fourth-order valence-corrected chi connectivity index (χ4v) is 9.06. The normalized spacial score (nSPS) is 46.9. The van der Waals surface area contributed by atoms with Crippen molar-refractivity contribution in [1.82, 2.24) is 0 Å². The zero-order chi connectivity index (χ0) is 24.2. The van der Waals surface area contributed by atoms with Gasteiger partial charge in [0.15, 0.2) is 12.1 Å². The Morgan fingerprint density at radius 2 is 1.83 bits per heavy atom. The van der Waals surface area contributed by atoms with Crippen LogP contribution in [0, 0.1) is 28.6 Å². The molecular weight excluding hydrogens is 440 g/mol. The van der Waals surface area contributed by atoms with Crippen molar-refractivity contribution in [2.45, 2.75) is 109 Å². The van der Waals surface area contributed by atoms with E-state index < -0.39 is 5.60 Å². The van der Waals surface area contributed by atoms with Gasteiger partial charge in [0.05, 0.1) is 25.4 Å². The van der Waals surface area contributed by atoms with Crippen molar-refractivity contribution in [1.29, 1.82) is 0 Å². The molecule has 6 rings (SSSR count). The molecule has 0 radical (unpaired) electrons. The smallest absolute Gasteiger partial charge is 0.172 e. The number of aliphatic hydroxyl groups is 1. The lowest BCUT2D eigenvalue weighted by Crippen LogP contribution is -2.55. The van der Waals surface area contributed by atoms with Gasteiger partial charge in [0.2, 0.25) is 0 Å². The molecule has 5 nitrogen and oxygen atoms in total. The molecule has 196 valence electrons. The minimum atomic E-state index is -0.697. The summed E-state index contributed by atoms with van der Waals surface area (Å²) in [7, 11) is 0. The average Bonchev–Trinajstić information content (AvgIpc) is 3.42. The Balaban J connectivity index is 1.12. The number of ether oxygens (including phenoxy) is 4. The van der Waals surface area contributed by atoms with Gasteiger partial charge in [0.25, 0.3) is 0 Å². The fraction of sp³-hybridized carbons (Fsp3) is 0.867. The summed E-state index contributed by atoms with van der Waals surface area (Å²) in [5.74, 6) is 1.64. The summed E-state index contributed by atoms with van der Waals surface area (Å²) in [5, 5.41) is 11.9. The molecule has 0 bridgehead atoms. The number of allylic oxidation sites excluding steroid dienone is 1. The molecule has 2 heterocycles. The van der Waals surface area contributed by atoms with E-state index in [9.17, 15) is 5.11 Å². The van der Waals surface area contributed by atoms with Crippen molar-refractivity contribution >= 4 is 0 Å². The van der Waals surface area contributed by atoms with Crippen molar-refractivity contribution in [2.75, 3.05) is 26.4 Å². The monoisotopic (exact) mass is 486 g/mol. The molecule has 5 unspecified atom stereocenters. The first-order valence-electron chi connectivity index (χ1n) is 14.5. The molecule has 0 aromatic rings. The second-order valence-corrected chi connectivity index (χ2v) is 12.8. The van der Waals surface area contributed by atoms with E-state index in [-0.39, 0.29) is 22.9 Å². The van der Waals surface area contributed by atoms with Gasteiger partial charge in [-0.05, 0) is 87.4 Å². The van der Waals surface area contributed by atoms with Gasteiger partial charge in [-0.25, -0.2) is 0 Å². The molecule has 0 aromatic carbocycles. The van der Waals surface area contributed by atoms with Gasteiger partial charge in [-0.1, -0.05) is 37.6 Å². The zero-order valence-corrected chi connectivity index (χ0v) is 21.9. The Bertz CT molecular complexity index is 840. The lowest BCUT2D eigenvalue weighted by atomic mass is 9.46. The maximum Gasteiger partial charge on any atom is 0.172 e. The van der Waals surface area contributed by atoms with E-state index in [1.165, 1.54) is 12.8 Å². The average molecular weight is 487 g/mol. The van der Waals surface area contributed by atoms with E-state index >= 15 is 0 Å². The molecule has 2 saturated heterocycles. The molecule has 7 atom stereocenters. The van der Waals surface area contributed by atoms with Gasteiger partial charge in [-0.2, -0.15) is 0 Å². The molecule has 2 aliphatic heterocycles. The molecule has 1 N–H and O–H groups in total. The van der Waals surface area contributed by atoms with Gasteiger partial charge in [-0.15, -0.1) is 0 Å². The van der Waals surface area contributed by atoms with Crippen LogP contribution in [0.5, 0.6) is 0 Å². The third kappa shape index (κ3) is 4.09. The first kappa shape index (κ1) is 24.6. The summed E-state index contributed by atoms with van der Waals surface area (Å²) in [4.78, 5) is 0. The van der Waals surface area contributed by atoms with Gasteiger partial charge >= 0.3 is 0 Å². The lowest BCUT2D eigenvalue weighted by Gasteiger charge is -2.59. The Hall–Kier alpha value is -0.720. The topological polar surface area (TPSA) is 57.2 Å². The predicted octanol–water partition coefficient (Wildman–Crippen LogP) is 5.91. The van der Waals surface area contributed by atoms with Gasteiger partial charge in [-0.3, -0.25) is 0 Å². The summed E-state index contributed by atoms with van der Waals surface area (Å²) < 4.78 is 23.8. The summed E-state index contributed by atoms with van der Waals surface area (Å²) in [5.41, 5.74) is 1.12. The van der Waals surface area contributed by atoms with Crippen molar-refractivity contribution < 1.29 is 24.1 Å². The molecule has 0 aromatic heterocycles. The third-order valence-electron chi connectivity index (χ3n) is 11.3. The number of fused-ring (bicyclic) bond motifs is 5. The minimum Gasteiger partial charge on any atom is -0.385 e. The standard InChI is InChI=1S/C30H46O5/c1-27-15-16-30(34-19-20-35-30)21-22(27)8-9-23-24(27)10-13-28(2)25(23)11-14-29(28,31)12-4-6-18-33-26-7-3-5-17-32-26/h4,8,12,23-26,31H,3,5-7,9-11,13-21H2,1-2H3/b12-4-/t23?,24?,25?,26?,27-,28-,29?/m0/s1. The molecule has 0 amide bonds. The second kappa shape index (κ2) is 9.23. The molecule has 4 aliphatic carbocycles. The Morgan fingerprint density at radius 1 is 1.00 bits per heavy atom. The van der Waals surface area contributed by atoms with Crippen LogP contribution in [0.15, 0.2) is 23.8 Å². The van der Waals surface area contributed by atoms with Crippen LogP contribution in [0.3, 0.4) is 0 Å². The number of rotatable bonds is 5. The second-order valence-electron chi connectivity index (χ2n) is 12.8. The molecule has 3 saturated carbocycles. The van der Waals surface area contributed by atoms with Crippen LogP contribution < -0.4 is 0 Å². The van der Waals surface area contributed by atoms with Crippen LogP contribution in [-0.2, 0) is 18.9 Å². The van der Waals surface area contributed by atoms with E-state index in [1.807, 2.05) is 0 Å². The van der Waals surface area contributed by atoms with E-state index in [1.54, 1.807) is 5.57 Å². The highest BCUT2D eigenvalue weighted by atomic mass is 16.7. The number of hydrogen-bond acceptors (Lipinski definition) is 5. The molecule has 6 aliphatic rings. The highest BCUT2D eigenvalue weighted by Gasteiger charge is 2.63. The lowest BCUT2D eigenvalue weighted by molar-refractivity contribution is -0.186. The van der Waals surface area contributed by atoms with Gasteiger partial charge in [0.1, 0.15) is 0 Å². The van der Waals surface area contributed by atoms with Crippen molar-refractivity contribution in [3.63, 3.8) is 0 Å². The Labute approximate surface area is 211 Å². The van der Waals surface area contributed by atoms with Crippen LogP contribution in [0.4, 0.5) is 0 Å². The molecule has 5 fully saturated rings. The maximum atomic E-state index is 11.9. The van der Waals surface area contributed by atoms with Gasteiger partial charge in [0, 0.05) is 24.9 Å². The number of hydrogen-bond donors (Lipinski definition) is 1.